The fourth-order valence-electron chi connectivity index (χ4n) is 1.63. The van der Waals surface area contributed by atoms with Crippen molar-refractivity contribution in [2.24, 2.45) is 0 Å². The Morgan fingerprint density at radius 3 is 2.60 bits per heavy atom. The molecule has 15 heavy (non-hydrogen) atoms. The first kappa shape index (κ1) is 12.9. The Morgan fingerprint density at radius 2 is 2.13 bits per heavy atom. The zero-order valence-corrected chi connectivity index (χ0v) is 10.7. The molecule has 1 aliphatic rings. The summed E-state index contributed by atoms with van der Waals surface area (Å²) in [7, 11) is -3.17. The predicted molar refractivity (Wildman–Crippen MR) is 62.3 cm³/mol. The van der Waals surface area contributed by atoms with Crippen LogP contribution in [0.4, 0.5) is 0 Å². The molecular formula is C10H22N2O2S. The lowest BCUT2D eigenvalue weighted by molar-refractivity contribution is 0.424. The van der Waals surface area contributed by atoms with Gasteiger partial charge < -0.3 is 5.32 Å². The van der Waals surface area contributed by atoms with Crippen LogP contribution < -0.4 is 10.0 Å². The number of piperidine rings is 1. The molecule has 0 saturated carbocycles. The van der Waals surface area contributed by atoms with Crippen molar-refractivity contribution in [3.63, 3.8) is 0 Å². The first-order valence-electron chi connectivity index (χ1n) is 5.61. The van der Waals surface area contributed by atoms with Crippen molar-refractivity contribution in [2.45, 2.75) is 50.8 Å². The molecule has 1 unspecified atom stereocenters. The van der Waals surface area contributed by atoms with Gasteiger partial charge >= 0.3 is 0 Å². The van der Waals surface area contributed by atoms with Crippen molar-refractivity contribution in [3.05, 3.63) is 0 Å². The van der Waals surface area contributed by atoms with E-state index in [1.165, 1.54) is 0 Å². The fourth-order valence-corrected chi connectivity index (χ4v) is 3.52. The predicted octanol–water partition coefficient (Wildman–Crippen LogP) is 0.846. The van der Waals surface area contributed by atoms with E-state index in [0.717, 1.165) is 25.8 Å². The van der Waals surface area contributed by atoms with Crippen molar-refractivity contribution in [2.75, 3.05) is 13.1 Å². The van der Waals surface area contributed by atoms with Crippen molar-refractivity contribution < 1.29 is 8.42 Å². The monoisotopic (exact) mass is 234 g/mol. The molecule has 2 N–H and O–H groups in total. The third kappa shape index (κ3) is 3.74. The van der Waals surface area contributed by atoms with Crippen molar-refractivity contribution in [1.82, 2.24) is 10.0 Å². The van der Waals surface area contributed by atoms with Crippen LogP contribution in [0.15, 0.2) is 0 Å². The molecule has 5 heteroatoms. The van der Waals surface area contributed by atoms with E-state index in [1.54, 1.807) is 0 Å². The minimum Gasteiger partial charge on any atom is -0.315 e. The van der Waals surface area contributed by atoms with E-state index in [-0.39, 0.29) is 10.8 Å². The molecule has 0 bridgehead atoms. The smallest absolute Gasteiger partial charge is 0.216 e. The Kier molecular flexibility index (Phi) is 4.14. The van der Waals surface area contributed by atoms with Crippen molar-refractivity contribution >= 4 is 10.0 Å². The van der Waals surface area contributed by atoms with Gasteiger partial charge in [-0.1, -0.05) is 6.92 Å². The number of hydrogen-bond acceptors (Lipinski definition) is 3. The van der Waals surface area contributed by atoms with Crippen LogP contribution in [0.3, 0.4) is 0 Å². The summed E-state index contributed by atoms with van der Waals surface area (Å²) < 4.78 is 26.8. The second-order valence-corrected chi connectivity index (χ2v) is 6.81. The summed E-state index contributed by atoms with van der Waals surface area (Å²) in [4.78, 5) is 0. The van der Waals surface area contributed by atoms with Crippen LogP contribution >= 0.6 is 0 Å². The average Bonchev–Trinajstić information content (AvgIpc) is 2.18. The Hall–Kier alpha value is -0.130. The highest BCUT2D eigenvalue weighted by Gasteiger charge is 2.31. The van der Waals surface area contributed by atoms with Crippen LogP contribution in [0, 0.1) is 0 Å². The molecular weight excluding hydrogens is 212 g/mol. The van der Waals surface area contributed by atoms with Gasteiger partial charge in [-0.25, -0.2) is 13.1 Å². The molecule has 0 amide bonds. The van der Waals surface area contributed by atoms with Gasteiger partial charge in [0, 0.05) is 12.1 Å². The summed E-state index contributed by atoms with van der Waals surface area (Å²) in [5, 5.41) is 2.86. The zero-order valence-electron chi connectivity index (χ0n) is 9.84. The van der Waals surface area contributed by atoms with Gasteiger partial charge in [0.15, 0.2) is 0 Å². The fraction of sp³-hybridized carbons (Fsp3) is 1.00. The first-order chi connectivity index (χ1) is 6.87. The largest absolute Gasteiger partial charge is 0.315 e. The Labute approximate surface area is 92.9 Å². The van der Waals surface area contributed by atoms with Gasteiger partial charge in [-0.05, 0) is 39.7 Å². The molecule has 4 nitrogen and oxygen atoms in total. The molecule has 1 fully saturated rings. The third-order valence-electron chi connectivity index (χ3n) is 2.99. The number of nitrogens with one attached hydrogen (secondary N) is 2. The van der Waals surface area contributed by atoms with Crippen LogP contribution in [0.1, 0.15) is 40.0 Å². The van der Waals surface area contributed by atoms with E-state index in [4.69, 9.17) is 0 Å². The maximum atomic E-state index is 12.0. The van der Waals surface area contributed by atoms with Gasteiger partial charge in [-0.15, -0.1) is 0 Å². The highest BCUT2D eigenvalue weighted by atomic mass is 32.2. The van der Waals surface area contributed by atoms with E-state index in [1.807, 2.05) is 20.8 Å². The maximum absolute atomic E-state index is 12.0. The SMILES string of the molecule is CCC(C)(C)NS(=O)(=O)C1CCCNC1. The minimum absolute atomic E-state index is 0.267. The molecule has 1 rings (SSSR count). The Morgan fingerprint density at radius 1 is 1.47 bits per heavy atom. The van der Waals surface area contributed by atoms with E-state index >= 15 is 0 Å². The highest BCUT2D eigenvalue weighted by molar-refractivity contribution is 7.90. The van der Waals surface area contributed by atoms with Crippen LogP contribution in [0.5, 0.6) is 0 Å². The van der Waals surface area contributed by atoms with E-state index < -0.39 is 10.0 Å². The van der Waals surface area contributed by atoms with Gasteiger partial charge in [0.2, 0.25) is 10.0 Å². The lowest BCUT2D eigenvalue weighted by Gasteiger charge is -2.29. The van der Waals surface area contributed by atoms with E-state index in [9.17, 15) is 8.42 Å². The molecule has 0 radical (unpaired) electrons. The molecule has 90 valence electrons. The molecule has 0 aliphatic carbocycles. The van der Waals surface area contributed by atoms with Gasteiger partial charge in [0.05, 0.1) is 5.25 Å². The van der Waals surface area contributed by atoms with Crippen LogP contribution in [0.25, 0.3) is 0 Å². The molecule has 1 aliphatic heterocycles. The molecule has 0 aromatic carbocycles. The van der Waals surface area contributed by atoms with Crippen LogP contribution in [0.2, 0.25) is 0 Å². The molecule has 0 aromatic rings. The maximum Gasteiger partial charge on any atom is 0.216 e. The second kappa shape index (κ2) is 4.80. The van der Waals surface area contributed by atoms with Gasteiger partial charge in [0.1, 0.15) is 0 Å². The minimum atomic E-state index is -3.17. The van der Waals surface area contributed by atoms with E-state index in [0.29, 0.717) is 6.54 Å². The van der Waals surface area contributed by atoms with Crippen molar-refractivity contribution in [1.29, 1.82) is 0 Å². The normalized spacial score (nSPS) is 24.1. The highest BCUT2D eigenvalue weighted by Crippen LogP contribution is 2.15. The van der Waals surface area contributed by atoms with Gasteiger partial charge in [-0.3, -0.25) is 0 Å². The zero-order chi connectivity index (χ0) is 11.5. The summed E-state index contributed by atoms with van der Waals surface area (Å²) >= 11 is 0. The van der Waals surface area contributed by atoms with Gasteiger partial charge in [-0.2, -0.15) is 0 Å². The topological polar surface area (TPSA) is 58.2 Å². The number of sulfonamides is 1. The number of hydrogen-bond donors (Lipinski definition) is 2. The summed E-state index contributed by atoms with van der Waals surface area (Å²) in [5.74, 6) is 0. The first-order valence-corrected chi connectivity index (χ1v) is 7.15. The van der Waals surface area contributed by atoms with Crippen LogP contribution in [-0.2, 0) is 10.0 Å². The summed E-state index contributed by atoms with van der Waals surface area (Å²) in [6.45, 7) is 7.33. The summed E-state index contributed by atoms with van der Waals surface area (Å²) in [5.41, 5.74) is -0.337. The standard InChI is InChI=1S/C10H22N2O2S/c1-4-10(2,3)12-15(13,14)9-6-5-7-11-8-9/h9,11-12H,4-8H2,1-3H3. The van der Waals surface area contributed by atoms with Crippen LogP contribution in [-0.4, -0.2) is 32.3 Å². The third-order valence-corrected chi connectivity index (χ3v) is 5.11. The Bertz CT molecular complexity index is 293. The Balaban J connectivity index is 2.65. The summed E-state index contributed by atoms with van der Waals surface area (Å²) in [6, 6.07) is 0. The molecule has 1 atom stereocenters. The number of rotatable bonds is 4. The average molecular weight is 234 g/mol. The van der Waals surface area contributed by atoms with E-state index in [2.05, 4.69) is 10.0 Å². The molecule has 1 saturated heterocycles. The molecule has 0 aromatic heterocycles. The second-order valence-electron chi connectivity index (χ2n) is 4.85. The lowest BCUT2D eigenvalue weighted by Crippen LogP contribution is -2.51. The molecule has 0 spiro atoms. The molecule has 1 heterocycles. The van der Waals surface area contributed by atoms with Gasteiger partial charge in [0.25, 0.3) is 0 Å². The lowest BCUT2D eigenvalue weighted by atomic mass is 10.0. The quantitative estimate of drug-likeness (QED) is 0.758. The van der Waals surface area contributed by atoms with Crippen molar-refractivity contribution in [3.8, 4) is 0 Å². The summed E-state index contributed by atoms with van der Waals surface area (Å²) in [6.07, 6.45) is 2.51.